The third kappa shape index (κ3) is 4.19. The summed E-state index contributed by atoms with van der Waals surface area (Å²) in [6.45, 7) is 10.5. The predicted molar refractivity (Wildman–Crippen MR) is 105 cm³/mol. The van der Waals surface area contributed by atoms with E-state index in [9.17, 15) is 10.2 Å². The van der Waals surface area contributed by atoms with E-state index < -0.39 is 0 Å². The van der Waals surface area contributed by atoms with Crippen LogP contribution in [-0.4, -0.2) is 59.4 Å². The van der Waals surface area contributed by atoms with Gasteiger partial charge in [0.15, 0.2) is 0 Å². The van der Waals surface area contributed by atoms with Gasteiger partial charge in [-0.2, -0.15) is 0 Å². The van der Waals surface area contributed by atoms with Gasteiger partial charge in [0, 0.05) is 51.4 Å². The van der Waals surface area contributed by atoms with Crippen molar-refractivity contribution in [3.63, 3.8) is 0 Å². The Morgan fingerprint density at radius 2 is 1.73 bits per heavy atom. The second kappa shape index (κ2) is 8.27. The molecule has 0 spiro atoms. The smallest absolute Gasteiger partial charge is 0.128 e. The fourth-order valence-electron chi connectivity index (χ4n) is 3.42. The first-order valence-electron chi connectivity index (χ1n) is 9.29. The predicted octanol–water partition coefficient (Wildman–Crippen LogP) is 2.66. The highest BCUT2D eigenvalue weighted by molar-refractivity contribution is 5.50. The summed E-state index contributed by atoms with van der Waals surface area (Å²) >= 11 is 0. The first kappa shape index (κ1) is 18.3. The molecule has 0 atom stereocenters. The zero-order chi connectivity index (χ0) is 18.5. The Balaban J connectivity index is 1.57. The molecule has 2 aromatic rings. The monoisotopic (exact) mass is 356 g/mol. The van der Waals surface area contributed by atoms with Gasteiger partial charge in [-0.15, -0.1) is 0 Å². The number of nitrogens with zero attached hydrogens (tertiary/aromatic N) is 4. The molecule has 0 unspecified atom stereocenters. The van der Waals surface area contributed by atoms with Crippen LogP contribution in [0.15, 0.2) is 36.5 Å². The van der Waals surface area contributed by atoms with Crippen molar-refractivity contribution in [2.24, 2.45) is 0 Å². The first-order chi connectivity index (χ1) is 12.6. The van der Waals surface area contributed by atoms with Gasteiger partial charge in [0.05, 0.1) is 11.9 Å². The van der Waals surface area contributed by atoms with Crippen LogP contribution in [0, 0.1) is 0 Å². The number of rotatable bonds is 6. The number of hydrogen-bond donors (Lipinski definition) is 2. The lowest BCUT2D eigenvalue weighted by Gasteiger charge is -2.35. The summed E-state index contributed by atoms with van der Waals surface area (Å²) in [5.74, 6) is 1.44. The SMILES string of the molecule is CCN(CC)c1ccc(N2CCN(Cc3cc(O)ccc3O)CC2)nc1. The van der Waals surface area contributed by atoms with Gasteiger partial charge in [0.2, 0.25) is 0 Å². The molecule has 1 aromatic carbocycles. The third-order valence-corrected chi connectivity index (χ3v) is 5.01. The van der Waals surface area contributed by atoms with E-state index in [1.165, 1.54) is 6.07 Å². The molecular formula is C20H28N4O2. The van der Waals surface area contributed by atoms with Crippen molar-refractivity contribution in [2.45, 2.75) is 20.4 Å². The standard InChI is InChI=1S/C20H28N4O2/c1-3-23(4-2)17-5-8-20(21-14-17)24-11-9-22(10-12-24)15-16-13-18(25)6-7-19(16)26/h5-8,13-14,25-26H,3-4,9-12,15H2,1-2H3. The Morgan fingerprint density at radius 3 is 2.35 bits per heavy atom. The highest BCUT2D eigenvalue weighted by atomic mass is 16.3. The second-order valence-corrected chi connectivity index (χ2v) is 6.62. The second-order valence-electron chi connectivity index (χ2n) is 6.62. The minimum atomic E-state index is 0.189. The maximum absolute atomic E-state index is 9.94. The van der Waals surface area contributed by atoms with Gasteiger partial charge in [-0.05, 0) is 44.2 Å². The van der Waals surface area contributed by atoms with Crippen molar-refractivity contribution < 1.29 is 10.2 Å². The highest BCUT2D eigenvalue weighted by Gasteiger charge is 2.19. The number of aromatic nitrogens is 1. The van der Waals surface area contributed by atoms with Crippen molar-refractivity contribution in [1.29, 1.82) is 0 Å². The zero-order valence-corrected chi connectivity index (χ0v) is 15.6. The quantitative estimate of drug-likeness (QED) is 0.776. The lowest BCUT2D eigenvalue weighted by atomic mass is 10.1. The fourth-order valence-corrected chi connectivity index (χ4v) is 3.42. The summed E-state index contributed by atoms with van der Waals surface area (Å²) in [4.78, 5) is 11.5. The lowest BCUT2D eigenvalue weighted by Crippen LogP contribution is -2.46. The minimum absolute atomic E-state index is 0.189. The molecule has 6 heteroatoms. The molecular weight excluding hydrogens is 328 g/mol. The van der Waals surface area contributed by atoms with Crippen molar-refractivity contribution in [3.05, 3.63) is 42.1 Å². The van der Waals surface area contributed by atoms with Crippen LogP contribution in [0.25, 0.3) is 0 Å². The van der Waals surface area contributed by atoms with Crippen LogP contribution in [0.3, 0.4) is 0 Å². The normalized spacial score (nSPS) is 15.2. The van der Waals surface area contributed by atoms with Gasteiger partial charge in [0.25, 0.3) is 0 Å². The summed E-state index contributed by atoms with van der Waals surface area (Å²) in [5, 5.41) is 19.6. The zero-order valence-electron chi connectivity index (χ0n) is 15.6. The average Bonchev–Trinajstić information content (AvgIpc) is 2.67. The molecule has 6 nitrogen and oxygen atoms in total. The molecule has 0 radical (unpaired) electrons. The van der Waals surface area contributed by atoms with Crippen molar-refractivity contribution in [3.8, 4) is 11.5 Å². The minimum Gasteiger partial charge on any atom is -0.508 e. The fraction of sp³-hybridized carbons (Fsp3) is 0.450. The van der Waals surface area contributed by atoms with Crippen molar-refractivity contribution >= 4 is 11.5 Å². The van der Waals surface area contributed by atoms with Crippen LogP contribution >= 0.6 is 0 Å². The highest BCUT2D eigenvalue weighted by Crippen LogP contribution is 2.24. The number of phenolic OH excluding ortho intramolecular Hbond substituents is 2. The van der Waals surface area contributed by atoms with E-state index in [1.807, 2.05) is 6.20 Å². The van der Waals surface area contributed by atoms with Crippen LogP contribution in [0.2, 0.25) is 0 Å². The van der Waals surface area contributed by atoms with Crippen LogP contribution in [0.1, 0.15) is 19.4 Å². The van der Waals surface area contributed by atoms with Gasteiger partial charge < -0.3 is 20.0 Å². The number of pyridine rings is 1. The van der Waals surface area contributed by atoms with Crippen molar-refractivity contribution in [1.82, 2.24) is 9.88 Å². The van der Waals surface area contributed by atoms with E-state index in [1.54, 1.807) is 12.1 Å². The number of phenols is 2. The Kier molecular flexibility index (Phi) is 5.83. The number of hydrogen-bond acceptors (Lipinski definition) is 6. The summed E-state index contributed by atoms with van der Waals surface area (Å²) in [7, 11) is 0. The van der Waals surface area contributed by atoms with Crippen LogP contribution in [0.5, 0.6) is 11.5 Å². The topological polar surface area (TPSA) is 63.1 Å². The molecule has 26 heavy (non-hydrogen) atoms. The van der Waals surface area contributed by atoms with E-state index in [0.29, 0.717) is 6.54 Å². The summed E-state index contributed by atoms with van der Waals surface area (Å²) in [5.41, 5.74) is 1.93. The van der Waals surface area contributed by atoms with Crippen LogP contribution in [0.4, 0.5) is 11.5 Å². The lowest BCUT2D eigenvalue weighted by molar-refractivity contribution is 0.246. The van der Waals surface area contributed by atoms with E-state index in [2.05, 4.69) is 45.7 Å². The molecule has 140 valence electrons. The van der Waals surface area contributed by atoms with Crippen LogP contribution in [-0.2, 0) is 6.54 Å². The molecule has 1 aromatic heterocycles. The molecule has 3 rings (SSSR count). The number of piperazine rings is 1. The van der Waals surface area contributed by atoms with Gasteiger partial charge in [-0.3, -0.25) is 4.90 Å². The molecule has 1 aliphatic heterocycles. The molecule has 1 saturated heterocycles. The molecule has 1 fully saturated rings. The number of aromatic hydroxyl groups is 2. The third-order valence-electron chi connectivity index (χ3n) is 5.01. The van der Waals surface area contributed by atoms with Gasteiger partial charge >= 0.3 is 0 Å². The number of benzene rings is 1. The Morgan fingerprint density at radius 1 is 1.00 bits per heavy atom. The van der Waals surface area contributed by atoms with Gasteiger partial charge in [-0.25, -0.2) is 4.98 Å². The molecule has 2 N–H and O–H groups in total. The van der Waals surface area contributed by atoms with E-state index >= 15 is 0 Å². The average molecular weight is 356 g/mol. The summed E-state index contributed by atoms with van der Waals surface area (Å²) < 4.78 is 0. The number of anilines is 2. The van der Waals surface area contributed by atoms with E-state index in [-0.39, 0.29) is 11.5 Å². The first-order valence-corrected chi connectivity index (χ1v) is 9.29. The Bertz CT molecular complexity index is 708. The Labute approximate surface area is 155 Å². The molecule has 0 aliphatic carbocycles. The van der Waals surface area contributed by atoms with Gasteiger partial charge in [-0.1, -0.05) is 0 Å². The van der Waals surface area contributed by atoms with Gasteiger partial charge in [0.1, 0.15) is 17.3 Å². The molecule has 0 saturated carbocycles. The van der Waals surface area contributed by atoms with Crippen molar-refractivity contribution in [2.75, 3.05) is 49.1 Å². The molecule has 2 heterocycles. The Hall–Kier alpha value is -2.47. The summed E-state index contributed by atoms with van der Waals surface area (Å²) in [6, 6.07) is 8.93. The van der Waals surface area contributed by atoms with E-state index in [0.717, 1.165) is 56.3 Å². The van der Waals surface area contributed by atoms with E-state index in [4.69, 9.17) is 0 Å². The molecule has 0 amide bonds. The molecule has 1 aliphatic rings. The van der Waals surface area contributed by atoms with Crippen LogP contribution < -0.4 is 9.80 Å². The molecule has 0 bridgehead atoms. The maximum Gasteiger partial charge on any atom is 0.128 e. The summed E-state index contributed by atoms with van der Waals surface area (Å²) in [6.07, 6.45) is 1.96. The largest absolute Gasteiger partial charge is 0.508 e. The maximum atomic E-state index is 9.94.